The highest BCUT2D eigenvalue weighted by atomic mass is 32.2. The van der Waals surface area contributed by atoms with Crippen molar-refractivity contribution in [2.45, 2.75) is 22.8 Å². The Morgan fingerprint density at radius 2 is 2.06 bits per heavy atom. The number of para-hydroxylation sites is 1. The second-order valence-electron chi connectivity index (χ2n) is 3.04. The molecule has 0 bridgehead atoms. The quantitative estimate of drug-likeness (QED) is 0.645. The predicted molar refractivity (Wildman–Crippen MR) is 65.4 cm³/mol. The molecule has 1 N–H and O–H groups in total. The number of carbonyl (C=O) groups is 1. The first-order chi connectivity index (χ1) is 7.50. The van der Waals surface area contributed by atoms with Gasteiger partial charge < -0.3 is 5.32 Å². The van der Waals surface area contributed by atoms with Gasteiger partial charge in [0.25, 0.3) is 5.76 Å². The number of carbonyl (C=O) groups excluding carboxylic acids is 1. The first-order valence-electron chi connectivity index (χ1n) is 4.53. The fraction of sp³-hybridized carbons (Fsp3) is 0.300. The van der Waals surface area contributed by atoms with Gasteiger partial charge in [0.1, 0.15) is 0 Å². The number of amides is 1. The van der Waals surface area contributed by atoms with Crippen molar-refractivity contribution in [3.05, 3.63) is 24.3 Å². The van der Waals surface area contributed by atoms with Crippen molar-refractivity contribution in [1.29, 1.82) is 0 Å². The van der Waals surface area contributed by atoms with E-state index < -0.39 is 11.0 Å². The number of nitrogens with one attached hydrogen (secondary N) is 1. The van der Waals surface area contributed by atoms with Crippen LogP contribution in [0.4, 0.5) is 14.5 Å². The lowest BCUT2D eigenvalue weighted by Crippen LogP contribution is -2.20. The lowest BCUT2D eigenvalue weighted by molar-refractivity contribution is -0.115. The van der Waals surface area contributed by atoms with Gasteiger partial charge in [-0.3, -0.25) is 4.79 Å². The van der Waals surface area contributed by atoms with Gasteiger partial charge in [-0.05, 0) is 19.1 Å². The summed E-state index contributed by atoms with van der Waals surface area (Å²) in [6, 6.07) is 6.44. The van der Waals surface area contributed by atoms with Crippen molar-refractivity contribution >= 4 is 36.0 Å². The molecular formula is C10H11F2NOS2. The van der Waals surface area contributed by atoms with Crippen LogP contribution in [0.3, 0.4) is 0 Å². The Balaban J connectivity index is 2.82. The highest BCUT2D eigenvalue weighted by molar-refractivity contribution is 7.99. The first-order valence-corrected chi connectivity index (χ1v) is 5.93. The number of thioether (sulfide) groups is 1. The molecule has 0 fully saturated rings. The van der Waals surface area contributed by atoms with E-state index in [9.17, 15) is 13.6 Å². The molecule has 0 aromatic heterocycles. The number of alkyl halides is 2. The van der Waals surface area contributed by atoms with Crippen LogP contribution < -0.4 is 5.32 Å². The van der Waals surface area contributed by atoms with Crippen LogP contribution in [0.25, 0.3) is 0 Å². The van der Waals surface area contributed by atoms with Gasteiger partial charge in [-0.1, -0.05) is 23.9 Å². The zero-order valence-corrected chi connectivity index (χ0v) is 10.2. The number of thiol groups is 1. The predicted octanol–water partition coefficient (Wildman–Crippen LogP) is 3.26. The first kappa shape index (κ1) is 13.3. The lowest BCUT2D eigenvalue weighted by Gasteiger charge is -2.11. The summed E-state index contributed by atoms with van der Waals surface area (Å²) in [5, 5.41) is 2.06. The van der Waals surface area contributed by atoms with Crippen LogP contribution in [0.15, 0.2) is 29.2 Å². The molecule has 1 amide bonds. The van der Waals surface area contributed by atoms with Gasteiger partial charge in [0.2, 0.25) is 5.91 Å². The molecule has 0 aliphatic rings. The van der Waals surface area contributed by atoms with Crippen molar-refractivity contribution in [1.82, 2.24) is 0 Å². The molecule has 0 aliphatic heterocycles. The number of hydrogen-bond acceptors (Lipinski definition) is 3. The third-order valence-electron chi connectivity index (χ3n) is 1.74. The van der Waals surface area contributed by atoms with Gasteiger partial charge in [-0.15, -0.1) is 0 Å². The van der Waals surface area contributed by atoms with Crippen LogP contribution in [-0.2, 0) is 4.79 Å². The molecule has 1 atom stereocenters. The molecular weight excluding hydrogens is 252 g/mol. The molecule has 0 heterocycles. The van der Waals surface area contributed by atoms with Crippen molar-refractivity contribution in [3.63, 3.8) is 0 Å². The highest BCUT2D eigenvalue weighted by Crippen LogP contribution is 2.31. The van der Waals surface area contributed by atoms with Gasteiger partial charge in [-0.25, -0.2) is 0 Å². The summed E-state index contributed by atoms with van der Waals surface area (Å²) in [5.74, 6) is -2.82. The molecule has 16 heavy (non-hydrogen) atoms. The van der Waals surface area contributed by atoms with Crippen LogP contribution in [-0.4, -0.2) is 16.9 Å². The zero-order chi connectivity index (χ0) is 12.1. The summed E-state index contributed by atoms with van der Waals surface area (Å²) in [6.45, 7) is 1.61. The monoisotopic (exact) mass is 263 g/mol. The Hall–Kier alpha value is -0.750. The van der Waals surface area contributed by atoms with E-state index in [-0.39, 0.29) is 5.91 Å². The number of halogens is 2. The molecule has 1 aromatic rings. The standard InChI is InChI=1S/C10H11F2NOS2/c1-6(15)9(14)13-7-4-2-3-5-8(7)16-10(11)12/h2-6,10,15H,1H3,(H,13,14). The minimum absolute atomic E-state index is 0.314. The summed E-state index contributed by atoms with van der Waals surface area (Å²) in [4.78, 5) is 11.7. The van der Waals surface area contributed by atoms with Gasteiger partial charge in [0, 0.05) is 4.90 Å². The molecule has 88 valence electrons. The third kappa shape index (κ3) is 4.02. The van der Waals surface area contributed by atoms with E-state index in [1.54, 1.807) is 25.1 Å². The summed E-state index contributed by atoms with van der Waals surface area (Å²) in [6.07, 6.45) is 0. The Morgan fingerprint density at radius 3 is 2.62 bits per heavy atom. The van der Waals surface area contributed by atoms with Gasteiger partial charge >= 0.3 is 0 Å². The molecule has 1 unspecified atom stereocenters. The fourth-order valence-electron chi connectivity index (χ4n) is 1.01. The van der Waals surface area contributed by atoms with Crippen LogP contribution in [0.2, 0.25) is 0 Å². The number of benzene rings is 1. The normalized spacial score (nSPS) is 12.6. The van der Waals surface area contributed by atoms with E-state index in [0.717, 1.165) is 0 Å². The van der Waals surface area contributed by atoms with E-state index in [2.05, 4.69) is 17.9 Å². The molecule has 6 heteroatoms. The van der Waals surface area contributed by atoms with E-state index in [1.807, 2.05) is 0 Å². The van der Waals surface area contributed by atoms with Gasteiger partial charge in [0.15, 0.2) is 0 Å². The van der Waals surface area contributed by atoms with Gasteiger partial charge in [-0.2, -0.15) is 21.4 Å². The second-order valence-corrected chi connectivity index (χ2v) is 4.85. The molecule has 1 aromatic carbocycles. The third-order valence-corrected chi connectivity index (χ3v) is 2.76. The average molecular weight is 263 g/mol. The molecule has 1 rings (SSSR count). The van der Waals surface area contributed by atoms with E-state index in [0.29, 0.717) is 22.3 Å². The summed E-state index contributed by atoms with van der Waals surface area (Å²) >= 11 is 4.37. The Labute approximate surface area is 102 Å². The smallest absolute Gasteiger partial charge is 0.288 e. The van der Waals surface area contributed by atoms with Crippen LogP contribution in [0, 0.1) is 0 Å². The molecule has 0 spiro atoms. The minimum Gasteiger partial charge on any atom is -0.324 e. The van der Waals surface area contributed by atoms with Crippen molar-refractivity contribution in [2.24, 2.45) is 0 Å². The maximum absolute atomic E-state index is 12.2. The molecule has 0 saturated heterocycles. The second kappa shape index (κ2) is 6.10. The van der Waals surface area contributed by atoms with Crippen LogP contribution in [0.1, 0.15) is 6.92 Å². The summed E-state index contributed by atoms with van der Waals surface area (Å²) in [5.41, 5.74) is 0.388. The molecule has 2 nitrogen and oxygen atoms in total. The zero-order valence-electron chi connectivity index (χ0n) is 8.48. The molecule has 0 radical (unpaired) electrons. The van der Waals surface area contributed by atoms with E-state index >= 15 is 0 Å². The largest absolute Gasteiger partial charge is 0.324 e. The molecule has 0 saturated carbocycles. The van der Waals surface area contributed by atoms with E-state index in [4.69, 9.17) is 0 Å². The fourth-order valence-corrected chi connectivity index (χ4v) is 1.67. The van der Waals surface area contributed by atoms with Crippen LogP contribution in [0.5, 0.6) is 0 Å². The molecule has 0 aliphatic carbocycles. The van der Waals surface area contributed by atoms with Crippen molar-refractivity contribution < 1.29 is 13.6 Å². The topological polar surface area (TPSA) is 29.1 Å². The van der Waals surface area contributed by atoms with Gasteiger partial charge in [0.05, 0.1) is 10.9 Å². The Kier molecular flexibility index (Phi) is 5.08. The van der Waals surface area contributed by atoms with Crippen molar-refractivity contribution in [3.8, 4) is 0 Å². The van der Waals surface area contributed by atoms with Crippen molar-refractivity contribution in [2.75, 3.05) is 5.32 Å². The number of hydrogen-bond donors (Lipinski definition) is 2. The minimum atomic E-state index is -2.51. The highest BCUT2D eigenvalue weighted by Gasteiger charge is 2.13. The Morgan fingerprint density at radius 1 is 1.44 bits per heavy atom. The maximum atomic E-state index is 12.2. The maximum Gasteiger partial charge on any atom is 0.288 e. The number of anilines is 1. The average Bonchev–Trinajstić information content (AvgIpc) is 2.20. The summed E-state index contributed by atoms with van der Waals surface area (Å²) in [7, 11) is 0. The Bertz CT molecular complexity index is 372. The lowest BCUT2D eigenvalue weighted by atomic mass is 10.3. The van der Waals surface area contributed by atoms with E-state index in [1.165, 1.54) is 6.07 Å². The summed E-state index contributed by atoms with van der Waals surface area (Å²) < 4.78 is 24.5. The van der Waals surface area contributed by atoms with Crippen LogP contribution >= 0.6 is 24.4 Å². The SMILES string of the molecule is CC(S)C(=O)Nc1ccccc1SC(F)F. The number of rotatable bonds is 4.